The van der Waals surface area contributed by atoms with Gasteiger partial charge in [0.05, 0.1) is 29.6 Å². The monoisotopic (exact) mass is 439 g/mol. The van der Waals surface area contributed by atoms with Crippen LogP contribution >= 0.6 is 11.3 Å². The fraction of sp³-hybridized carbons (Fsp3) is 0.389. The van der Waals surface area contributed by atoms with Crippen LogP contribution in [0.5, 0.6) is 0 Å². The van der Waals surface area contributed by atoms with Gasteiger partial charge in [0.15, 0.2) is 31.9 Å². The maximum atomic E-state index is 13.2. The first-order chi connectivity index (χ1) is 13.9. The van der Waals surface area contributed by atoms with Crippen LogP contribution < -0.4 is 5.32 Å². The van der Waals surface area contributed by atoms with Gasteiger partial charge in [-0.15, -0.1) is 0 Å². The van der Waals surface area contributed by atoms with Gasteiger partial charge >= 0.3 is 0 Å². The number of hydrogen-bond acceptors (Lipinski definition) is 8. The molecular formula is C18H18FN3O5S2. The topological polar surface area (TPSA) is 107 Å². The SMILES string of the molecule is O=C(Nc1ncc(F)s1)C(=NO[C@@H]1CCOC1)c1ccc(S(=O)(=O)C2CC2)cc1. The van der Waals surface area contributed by atoms with E-state index in [4.69, 9.17) is 9.57 Å². The highest BCUT2D eigenvalue weighted by molar-refractivity contribution is 7.92. The molecule has 0 bridgehead atoms. The molecule has 1 aliphatic carbocycles. The lowest BCUT2D eigenvalue weighted by Gasteiger charge is -2.10. The standard InChI is InChI=1S/C18H18FN3O5S2/c19-15-9-20-18(28-15)21-17(23)16(22-27-12-7-8-26-10-12)11-1-3-13(4-2-11)29(24,25)14-5-6-14/h1-4,9,12,14H,5-8,10H2,(H,20,21,23)/t12-/m1/s1. The summed E-state index contributed by atoms with van der Waals surface area (Å²) >= 11 is 0.683. The summed E-state index contributed by atoms with van der Waals surface area (Å²) in [5.41, 5.74) is 0.302. The minimum Gasteiger partial charge on any atom is -0.389 e. The molecule has 1 aromatic heterocycles. The molecule has 8 nitrogen and oxygen atoms in total. The van der Waals surface area contributed by atoms with Crippen LogP contribution in [0.25, 0.3) is 0 Å². The van der Waals surface area contributed by atoms with Crippen molar-refractivity contribution in [2.75, 3.05) is 18.5 Å². The number of thiazole rings is 1. The second-order valence-electron chi connectivity index (χ2n) is 6.72. The van der Waals surface area contributed by atoms with Crippen molar-refractivity contribution >= 4 is 37.9 Å². The molecule has 1 amide bonds. The molecule has 1 saturated carbocycles. The summed E-state index contributed by atoms with van der Waals surface area (Å²) in [5, 5.41) is 5.68. The highest BCUT2D eigenvalue weighted by Gasteiger charge is 2.36. The molecule has 2 fully saturated rings. The molecule has 2 aromatic rings. The molecule has 1 aliphatic heterocycles. The predicted molar refractivity (Wildman–Crippen MR) is 104 cm³/mol. The fourth-order valence-corrected chi connectivity index (χ4v) is 4.99. The van der Waals surface area contributed by atoms with Crippen LogP contribution in [0.3, 0.4) is 0 Å². The Morgan fingerprint density at radius 2 is 2.03 bits per heavy atom. The van der Waals surface area contributed by atoms with Crippen molar-refractivity contribution in [3.05, 3.63) is 41.2 Å². The first kappa shape index (κ1) is 19.9. The quantitative estimate of drug-likeness (QED) is 0.524. The van der Waals surface area contributed by atoms with E-state index in [1.807, 2.05) is 0 Å². The Hall–Kier alpha value is -2.37. The number of nitrogens with zero attached hydrogens (tertiary/aromatic N) is 2. The summed E-state index contributed by atoms with van der Waals surface area (Å²) in [7, 11) is -3.34. The number of aromatic nitrogens is 1. The van der Waals surface area contributed by atoms with E-state index >= 15 is 0 Å². The Morgan fingerprint density at radius 3 is 2.62 bits per heavy atom. The third kappa shape index (κ3) is 4.62. The van der Waals surface area contributed by atoms with Gasteiger partial charge in [-0.25, -0.2) is 13.4 Å². The van der Waals surface area contributed by atoms with Crippen molar-refractivity contribution in [1.29, 1.82) is 0 Å². The van der Waals surface area contributed by atoms with E-state index < -0.39 is 20.9 Å². The van der Waals surface area contributed by atoms with E-state index in [2.05, 4.69) is 15.5 Å². The van der Waals surface area contributed by atoms with Crippen molar-refractivity contribution in [2.45, 2.75) is 35.5 Å². The van der Waals surface area contributed by atoms with Crippen molar-refractivity contribution in [2.24, 2.45) is 5.16 Å². The lowest BCUT2D eigenvalue weighted by atomic mass is 10.1. The highest BCUT2D eigenvalue weighted by Crippen LogP contribution is 2.33. The summed E-state index contributed by atoms with van der Waals surface area (Å²) < 4.78 is 43.1. The summed E-state index contributed by atoms with van der Waals surface area (Å²) in [6.45, 7) is 0.919. The van der Waals surface area contributed by atoms with E-state index in [0.717, 1.165) is 6.20 Å². The number of ether oxygens (including phenoxy) is 1. The minimum absolute atomic E-state index is 0.0668. The number of anilines is 1. The Kier molecular flexibility index (Phi) is 5.61. The average molecular weight is 439 g/mol. The number of hydrogen-bond donors (Lipinski definition) is 1. The summed E-state index contributed by atoms with van der Waals surface area (Å²) in [6, 6.07) is 5.91. The van der Waals surface area contributed by atoms with Crippen molar-refractivity contribution in [3.8, 4) is 0 Å². The van der Waals surface area contributed by atoms with Crippen molar-refractivity contribution in [3.63, 3.8) is 0 Å². The number of sulfone groups is 1. The smallest absolute Gasteiger partial charge is 0.280 e. The summed E-state index contributed by atoms with van der Waals surface area (Å²) in [6.07, 6.45) is 2.71. The molecule has 1 saturated heterocycles. The highest BCUT2D eigenvalue weighted by atomic mass is 32.2. The largest absolute Gasteiger partial charge is 0.389 e. The lowest BCUT2D eigenvalue weighted by Crippen LogP contribution is -2.25. The third-order valence-electron chi connectivity index (χ3n) is 4.51. The molecule has 0 spiro atoms. The molecule has 1 atom stereocenters. The van der Waals surface area contributed by atoms with Gasteiger partial charge in [-0.3, -0.25) is 10.1 Å². The van der Waals surface area contributed by atoms with E-state index in [1.54, 1.807) is 0 Å². The number of carbonyl (C=O) groups is 1. The zero-order valence-corrected chi connectivity index (χ0v) is 16.8. The molecule has 1 aromatic carbocycles. The molecule has 11 heteroatoms. The maximum Gasteiger partial charge on any atom is 0.280 e. The first-order valence-corrected chi connectivity index (χ1v) is 11.4. The Morgan fingerprint density at radius 1 is 1.28 bits per heavy atom. The number of benzene rings is 1. The minimum atomic E-state index is -3.34. The number of rotatable bonds is 7. The zero-order chi connectivity index (χ0) is 20.4. The number of amides is 1. The molecule has 29 heavy (non-hydrogen) atoms. The molecule has 1 N–H and O–H groups in total. The Labute approximate surface area is 170 Å². The fourth-order valence-electron chi connectivity index (χ4n) is 2.79. The Bertz CT molecular complexity index is 1030. The van der Waals surface area contributed by atoms with Crippen LogP contribution in [0.15, 0.2) is 40.5 Å². The Balaban J connectivity index is 1.58. The van der Waals surface area contributed by atoms with Crippen LogP contribution in [0, 0.1) is 5.13 Å². The van der Waals surface area contributed by atoms with Crippen LogP contribution in [0.2, 0.25) is 0 Å². The number of carbonyl (C=O) groups excluding carboxylic acids is 1. The van der Waals surface area contributed by atoms with Gasteiger partial charge in [0.2, 0.25) is 0 Å². The van der Waals surface area contributed by atoms with E-state index in [-0.39, 0.29) is 27.1 Å². The number of halogens is 1. The molecule has 154 valence electrons. The molecule has 0 radical (unpaired) electrons. The van der Waals surface area contributed by atoms with Gasteiger partial charge in [-0.2, -0.15) is 4.39 Å². The maximum absolute atomic E-state index is 13.2. The molecule has 4 rings (SSSR count). The average Bonchev–Trinajstić information content (AvgIpc) is 3.31. The second kappa shape index (κ2) is 8.17. The van der Waals surface area contributed by atoms with Crippen molar-refractivity contribution < 1.29 is 27.2 Å². The van der Waals surface area contributed by atoms with Crippen LogP contribution in [-0.2, 0) is 24.2 Å². The van der Waals surface area contributed by atoms with Gasteiger partial charge in [0.25, 0.3) is 5.91 Å². The van der Waals surface area contributed by atoms with E-state index in [9.17, 15) is 17.6 Å². The second-order valence-corrected chi connectivity index (χ2v) is 9.93. The number of oxime groups is 1. The molecule has 0 unspecified atom stereocenters. The van der Waals surface area contributed by atoms with E-state index in [0.29, 0.717) is 49.4 Å². The van der Waals surface area contributed by atoms with E-state index in [1.165, 1.54) is 24.3 Å². The van der Waals surface area contributed by atoms with Gasteiger partial charge in [-0.05, 0) is 25.0 Å². The van der Waals surface area contributed by atoms with Gasteiger partial charge in [-0.1, -0.05) is 28.6 Å². The normalized spacial score (nSPS) is 19.9. The first-order valence-electron chi connectivity index (χ1n) is 9.02. The van der Waals surface area contributed by atoms with Gasteiger partial charge in [0, 0.05) is 12.0 Å². The lowest BCUT2D eigenvalue weighted by molar-refractivity contribution is -0.110. The zero-order valence-electron chi connectivity index (χ0n) is 15.2. The molecular weight excluding hydrogens is 421 g/mol. The van der Waals surface area contributed by atoms with Crippen LogP contribution in [0.1, 0.15) is 24.8 Å². The third-order valence-corrected chi connectivity index (χ3v) is 7.49. The van der Waals surface area contributed by atoms with Crippen LogP contribution in [-0.4, -0.2) is 49.6 Å². The molecule has 2 heterocycles. The van der Waals surface area contributed by atoms with Crippen LogP contribution in [0.4, 0.5) is 9.52 Å². The number of nitrogens with one attached hydrogen (secondary N) is 1. The summed E-state index contributed by atoms with van der Waals surface area (Å²) in [5.74, 6) is -0.643. The molecule has 2 aliphatic rings. The van der Waals surface area contributed by atoms with Gasteiger partial charge < -0.3 is 9.57 Å². The predicted octanol–water partition coefficient (Wildman–Crippen LogP) is 2.37. The van der Waals surface area contributed by atoms with Crippen molar-refractivity contribution in [1.82, 2.24) is 4.98 Å². The summed E-state index contributed by atoms with van der Waals surface area (Å²) in [4.78, 5) is 22.1. The van der Waals surface area contributed by atoms with Gasteiger partial charge in [0.1, 0.15) is 0 Å².